The predicted molar refractivity (Wildman–Crippen MR) is 55.8 cm³/mol. The Morgan fingerprint density at radius 1 is 1.46 bits per heavy atom. The summed E-state index contributed by atoms with van der Waals surface area (Å²) in [4.78, 5) is 5.50. The van der Waals surface area contributed by atoms with Gasteiger partial charge in [-0.25, -0.2) is 0 Å². The molecular formula is C9H21NO2Si. The van der Waals surface area contributed by atoms with Crippen molar-refractivity contribution < 1.29 is 9.36 Å². The lowest BCUT2D eigenvalue weighted by Gasteiger charge is -2.38. The highest BCUT2D eigenvalue weighted by atomic mass is 28.2. The van der Waals surface area contributed by atoms with E-state index in [-0.39, 0.29) is 11.0 Å². The molecule has 1 fully saturated rings. The van der Waals surface area contributed by atoms with Gasteiger partial charge in [-0.3, -0.25) is 4.84 Å². The zero-order chi connectivity index (χ0) is 10.3. The normalized spacial score (nSPS) is 29.8. The van der Waals surface area contributed by atoms with Gasteiger partial charge in [0.2, 0.25) is 0 Å². The second-order valence-corrected chi connectivity index (χ2v) is 5.67. The first-order chi connectivity index (χ1) is 5.80. The van der Waals surface area contributed by atoms with Crippen molar-refractivity contribution in [3.05, 3.63) is 0 Å². The monoisotopic (exact) mass is 203 g/mol. The molecule has 0 radical (unpaired) electrons. The summed E-state index contributed by atoms with van der Waals surface area (Å²) >= 11 is 0. The average molecular weight is 203 g/mol. The Kier molecular flexibility index (Phi) is 2.88. The molecule has 0 aromatic carbocycles. The molecule has 0 saturated carbocycles. The number of hydrogen-bond donors (Lipinski definition) is 0. The van der Waals surface area contributed by atoms with Crippen molar-refractivity contribution >= 4 is 10.5 Å². The van der Waals surface area contributed by atoms with Gasteiger partial charge >= 0.3 is 0 Å². The minimum Gasteiger partial charge on any atom is -0.332 e. The smallest absolute Gasteiger partial charge is 0.178 e. The minimum absolute atomic E-state index is 0.0139. The summed E-state index contributed by atoms with van der Waals surface area (Å²) in [5, 5.41) is 1.68. The molecule has 0 aliphatic carbocycles. The fraction of sp³-hybridized carbons (Fsp3) is 1.00. The Morgan fingerprint density at radius 2 is 2.00 bits per heavy atom. The van der Waals surface area contributed by atoms with Crippen LogP contribution in [0.4, 0.5) is 0 Å². The molecule has 1 atom stereocenters. The summed E-state index contributed by atoms with van der Waals surface area (Å²) in [5.41, 5.74) is 0.248. The van der Waals surface area contributed by atoms with Crippen molar-refractivity contribution in [2.75, 3.05) is 6.61 Å². The first-order valence-corrected chi connectivity index (χ1v) is 5.59. The van der Waals surface area contributed by atoms with Crippen LogP contribution in [0.3, 0.4) is 0 Å². The second-order valence-electron chi connectivity index (χ2n) is 5.31. The van der Waals surface area contributed by atoms with Crippen molar-refractivity contribution in [2.24, 2.45) is 11.3 Å². The summed E-state index contributed by atoms with van der Waals surface area (Å²) in [7, 11) is 0.682. The maximum absolute atomic E-state index is 5.50. The number of hydroxylamine groups is 2. The van der Waals surface area contributed by atoms with Crippen LogP contribution in [0.5, 0.6) is 0 Å². The van der Waals surface area contributed by atoms with Crippen LogP contribution < -0.4 is 0 Å². The Balaban J connectivity index is 2.81. The van der Waals surface area contributed by atoms with Crippen LogP contribution in [0.2, 0.25) is 0 Å². The molecule has 0 amide bonds. The molecule has 4 heteroatoms. The van der Waals surface area contributed by atoms with Gasteiger partial charge in [-0.2, -0.15) is 0 Å². The molecule has 1 rings (SSSR count). The standard InChI is InChI=1S/C9H21NO2Si/c1-8(2,3)7-6-11-10(12-13)9(7,4)5/h7H,6H2,1-5,13H3. The van der Waals surface area contributed by atoms with E-state index in [0.717, 1.165) is 6.61 Å². The van der Waals surface area contributed by atoms with E-state index in [9.17, 15) is 0 Å². The lowest BCUT2D eigenvalue weighted by atomic mass is 9.72. The molecule has 13 heavy (non-hydrogen) atoms. The van der Waals surface area contributed by atoms with Crippen LogP contribution in [-0.4, -0.2) is 27.9 Å². The van der Waals surface area contributed by atoms with Gasteiger partial charge in [0, 0.05) is 5.92 Å². The van der Waals surface area contributed by atoms with E-state index in [1.54, 1.807) is 5.23 Å². The van der Waals surface area contributed by atoms with E-state index < -0.39 is 0 Å². The zero-order valence-corrected chi connectivity index (χ0v) is 11.5. The molecule has 0 bridgehead atoms. The predicted octanol–water partition coefficient (Wildman–Crippen LogP) is 0.886. The quantitative estimate of drug-likeness (QED) is 0.591. The third-order valence-electron chi connectivity index (χ3n) is 2.89. The van der Waals surface area contributed by atoms with Gasteiger partial charge in [-0.05, 0) is 19.3 Å². The van der Waals surface area contributed by atoms with Crippen LogP contribution in [0.15, 0.2) is 0 Å². The number of nitrogens with zero attached hydrogens (tertiary/aromatic N) is 1. The summed E-state index contributed by atoms with van der Waals surface area (Å²) in [6, 6.07) is 0. The van der Waals surface area contributed by atoms with Crippen LogP contribution in [-0.2, 0) is 9.36 Å². The summed E-state index contributed by atoms with van der Waals surface area (Å²) in [6.45, 7) is 11.9. The molecule has 1 aliphatic heterocycles. The molecule has 1 unspecified atom stereocenters. The van der Waals surface area contributed by atoms with Gasteiger partial charge < -0.3 is 4.53 Å². The van der Waals surface area contributed by atoms with Gasteiger partial charge in [0.15, 0.2) is 10.5 Å². The Labute approximate surface area is 83.8 Å². The van der Waals surface area contributed by atoms with Crippen LogP contribution in [0.25, 0.3) is 0 Å². The van der Waals surface area contributed by atoms with Crippen LogP contribution >= 0.6 is 0 Å². The molecule has 3 nitrogen and oxygen atoms in total. The van der Waals surface area contributed by atoms with E-state index in [1.165, 1.54) is 0 Å². The minimum atomic E-state index is -0.0139. The fourth-order valence-corrected chi connectivity index (χ4v) is 2.81. The first-order valence-electron chi connectivity index (χ1n) is 4.77. The highest BCUT2D eigenvalue weighted by molar-refractivity contribution is 5.97. The van der Waals surface area contributed by atoms with Crippen LogP contribution in [0, 0.1) is 11.3 Å². The Morgan fingerprint density at radius 3 is 2.23 bits per heavy atom. The molecule has 0 aromatic heterocycles. The average Bonchev–Trinajstić information content (AvgIpc) is 2.22. The summed E-state index contributed by atoms with van der Waals surface area (Å²) < 4.78 is 5.30. The van der Waals surface area contributed by atoms with Gasteiger partial charge in [-0.15, -0.1) is 0 Å². The maximum Gasteiger partial charge on any atom is 0.178 e. The Hall–Kier alpha value is 0.0969. The summed E-state index contributed by atoms with van der Waals surface area (Å²) in [6.07, 6.45) is 0. The SMILES string of the molecule is CC(C)(C)C1CON(O[SiH3])C1(C)C. The lowest BCUT2D eigenvalue weighted by molar-refractivity contribution is -0.323. The fourth-order valence-electron chi connectivity index (χ4n) is 2.24. The zero-order valence-electron chi connectivity index (χ0n) is 9.55. The van der Waals surface area contributed by atoms with Crippen molar-refractivity contribution in [2.45, 2.75) is 40.2 Å². The molecule has 1 heterocycles. The Bertz CT molecular complexity index is 189. The van der Waals surface area contributed by atoms with E-state index in [1.807, 2.05) is 0 Å². The third kappa shape index (κ3) is 1.96. The van der Waals surface area contributed by atoms with Crippen molar-refractivity contribution in [1.82, 2.24) is 5.23 Å². The molecule has 1 aliphatic rings. The largest absolute Gasteiger partial charge is 0.332 e. The highest BCUT2D eigenvalue weighted by Gasteiger charge is 2.48. The summed E-state index contributed by atoms with van der Waals surface area (Å²) in [5.74, 6) is 0.508. The van der Waals surface area contributed by atoms with E-state index >= 15 is 0 Å². The molecule has 0 spiro atoms. The highest BCUT2D eigenvalue weighted by Crippen LogP contribution is 2.42. The van der Waals surface area contributed by atoms with Gasteiger partial charge in [0.25, 0.3) is 0 Å². The topological polar surface area (TPSA) is 21.7 Å². The maximum atomic E-state index is 5.50. The van der Waals surface area contributed by atoms with E-state index in [2.05, 4.69) is 34.6 Å². The lowest BCUT2D eigenvalue weighted by Crippen LogP contribution is -2.46. The molecule has 78 valence electrons. The van der Waals surface area contributed by atoms with Gasteiger partial charge in [0.05, 0.1) is 12.1 Å². The second kappa shape index (κ2) is 3.35. The van der Waals surface area contributed by atoms with Gasteiger partial charge in [0.1, 0.15) is 0 Å². The van der Waals surface area contributed by atoms with Crippen molar-refractivity contribution in [3.8, 4) is 0 Å². The third-order valence-corrected chi connectivity index (χ3v) is 3.22. The number of rotatable bonds is 1. The number of hydrogen-bond acceptors (Lipinski definition) is 3. The first kappa shape index (κ1) is 11.2. The molecule has 1 saturated heterocycles. The van der Waals surface area contributed by atoms with Crippen molar-refractivity contribution in [1.29, 1.82) is 0 Å². The van der Waals surface area contributed by atoms with Crippen molar-refractivity contribution in [3.63, 3.8) is 0 Å². The molecule has 0 aromatic rings. The van der Waals surface area contributed by atoms with Gasteiger partial charge in [-0.1, -0.05) is 26.0 Å². The van der Waals surface area contributed by atoms with E-state index in [4.69, 9.17) is 9.36 Å². The van der Waals surface area contributed by atoms with Crippen LogP contribution in [0.1, 0.15) is 34.6 Å². The molecule has 0 N–H and O–H groups in total. The molecular weight excluding hydrogens is 182 g/mol. The van der Waals surface area contributed by atoms with E-state index in [0.29, 0.717) is 16.4 Å².